The number of hydrogen-bond acceptors (Lipinski definition) is 5. The molecule has 0 heterocycles. The minimum Gasteiger partial charge on any atom is -0.229 e. The van der Waals surface area contributed by atoms with E-state index in [0.29, 0.717) is 6.42 Å². The van der Waals surface area contributed by atoms with Crippen LogP contribution in [0.3, 0.4) is 0 Å². The van der Waals surface area contributed by atoms with Crippen molar-refractivity contribution >= 4 is 19.7 Å². The van der Waals surface area contributed by atoms with E-state index in [0.717, 1.165) is 0 Å². The predicted molar refractivity (Wildman–Crippen MR) is 76.7 cm³/mol. The predicted octanol–water partition coefficient (Wildman–Crippen LogP) is 1.55. The maximum atomic E-state index is 12.1. The van der Waals surface area contributed by atoms with Crippen LogP contribution in [0.4, 0.5) is 0 Å². The highest BCUT2D eigenvalue weighted by Crippen LogP contribution is 2.15. The molecule has 1 atom stereocenters. The number of benzene rings is 1. The van der Waals surface area contributed by atoms with E-state index in [1.54, 1.807) is 13.8 Å². The lowest BCUT2D eigenvalue weighted by atomic mass is 10.2. The molecule has 0 radical (unpaired) electrons. The minimum atomic E-state index is -3.70. The first-order valence-corrected chi connectivity index (χ1v) is 9.54. The zero-order valence-corrected chi connectivity index (χ0v) is 13.0. The van der Waals surface area contributed by atoms with Crippen molar-refractivity contribution in [2.75, 3.05) is 11.5 Å². The molecule has 0 aliphatic rings. The number of nitrogens with zero attached hydrogens (tertiary/aromatic N) is 1. The molecular weight excluding hydrogens is 298 g/mol. The van der Waals surface area contributed by atoms with Crippen molar-refractivity contribution in [1.29, 1.82) is 5.26 Å². The summed E-state index contributed by atoms with van der Waals surface area (Å²) in [4.78, 5) is -0.0177. The largest absolute Gasteiger partial charge is 0.229 e. The summed E-state index contributed by atoms with van der Waals surface area (Å²) in [5.41, 5.74) is 0.232. The maximum Gasteiger partial charge on any atom is 0.179 e. The van der Waals surface area contributed by atoms with Crippen LogP contribution in [0, 0.1) is 11.3 Å². The van der Waals surface area contributed by atoms with Crippen LogP contribution >= 0.6 is 0 Å². The molecule has 1 aromatic rings. The second-order valence-electron chi connectivity index (χ2n) is 4.54. The normalized spacial score (nSPS) is 13.7. The molecule has 1 aromatic carbocycles. The number of rotatable bonds is 6. The van der Waals surface area contributed by atoms with Crippen molar-refractivity contribution in [2.24, 2.45) is 0 Å². The monoisotopic (exact) mass is 315 g/mol. The highest BCUT2D eigenvalue weighted by molar-refractivity contribution is 7.95. The van der Waals surface area contributed by atoms with Crippen molar-refractivity contribution in [3.63, 3.8) is 0 Å². The summed E-state index contributed by atoms with van der Waals surface area (Å²) in [6.07, 6.45) is 0.451. The van der Waals surface area contributed by atoms with Crippen LogP contribution in [-0.2, 0) is 19.7 Å². The highest BCUT2D eigenvalue weighted by atomic mass is 32.2. The number of sulfone groups is 2. The second-order valence-corrected chi connectivity index (χ2v) is 9.19. The molecule has 20 heavy (non-hydrogen) atoms. The molecule has 0 saturated heterocycles. The Balaban J connectivity index is 2.94. The van der Waals surface area contributed by atoms with Crippen LogP contribution in [0.1, 0.15) is 25.8 Å². The Morgan fingerprint density at radius 1 is 1.20 bits per heavy atom. The van der Waals surface area contributed by atoms with E-state index < -0.39 is 36.4 Å². The zero-order valence-electron chi connectivity index (χ0n) is 11.4. The summed E-state index contributed by atoms with van der Waals surface area (Å²) in [7, 11) is -7.11. The van der Waals surface area contributed by atoms with Gasteiger partial charge in [-0.25, -0.2) is 16.8 Å². The fourth-order valence-electron chi connectivity index (χ4n) is 1.56. The van der Waals surface area contributed by atoms with E-state index in [1.165, 1.54) is 24.3 Å². The van der Waals surface area contributed by atoms with Crippen LogP contribution in [0.15, 0.2) is 29.2 Å². The van der Waals surface area contributed by atoms with E-state index in [2.05, 4.69) is 0 Å². The number of nitriles is 1. The number of hydrogen-bond donors (Lipinski definition) is 0. The molecule has 110 valence electrons. The molecular formula is C13H17NO4S2. The van der Waals surface area contributed by atoms with Crippen LogP contribution in [0.25, 0.3) is 0 Å². The van der Waals surface area contributed by atoms with E-state index in [-0.39, 0.29) is 10.5 Å². The average Bonchev–Trinajstić information content (AvgIpc) is 2.44. The molecule has 0 spiro atoms. The van der Waals surface area contributed by atoms with Gasteiger partial charge in [0.25, 0.3) is 0 Å². The van der Waals surface area contributed by atoms with Gasteiger partial charge >= 0.3 is 0 Å². The van der Waals surface area contributed by atoms with Gasteiger partial charge in [-0.2, -0.15) is 5.26 Å². The van der Waals surface area contributed by atoms with E-state index in [9.17, 15) is 16.8 Å². The lowest BCUT2D eigenvalue weighted by Crippen LogP contribution is -2.25. The highest BCUT2D eigenvalue weighted by Gasteiger charge is 2.23. The summed E-state index contributed by atoms with van der Waals surface area (Å²) in [5.74, 6) is -0.865. The van der Waals surface area contributed by atoms with E-state index in [4.69, 9.17) is 5.26 Å². The van der Waals surface area contributed by atoms with Gasteiger partial charge in [-0.1, -0.05) is 13.0 Å². The molecule has 0 amide bonds. The van der Waals surface area contributed by atoms with Crippen molar-refractivity contribution in [3.05, 3.63) is 29.8 Å². The topological polar surface area (TPSA) is 92.1 Å². The average molecular weight is 315 g/mol. The van der Waals surface area contributed by atoms with E-state index >= 15 is 0 Å². The van der Waals surface area contributed by atoms with Crippen LogP contribution in [0.2, 0.25) is 0 Å². The van der Waals surface area contributed by atoms with Gasteiger partial charge in [0.1, 0.15) is 0 Å². The third-order valence-electron chi connectivity index (χ3n) is 3.15. The Kier molecular flexibility index (Phi) is 5.31. The van der Waals surface area contributed by atoms with Crippen molar-refractivity contribution < 1.29 is 16.8 Å². The molecule has 0 aromatic heterocycles. The SMILES string of the molecule is CCC(C)S(=O)(=O)CCS(=O)(=O)c1cccc(C#N)c1. The Bertz CT molecular complexity index is 715. The quantitative estimate of drug-likeness (QED) is 0.794. The molecule has 1 rings (SSSR count). The van der Waals surface area contributed by atoms with Gasteiger partial charge in [0.05, 0.1) is 33.3 Å². The summed E-state index contributed by atoms with van der Waals surface area (Å²) >= 11 is 0. The van der Waals surface area contributed by atoms with Gasteiger partial charge in [0.15, 0.2) is 19.7 Å². The van der Waals surface area contributed by atoms with Crippen molar-refractivity contribution in [2.45, 2.75) is 30.4 Å². The van der Waals surface area contributed by atoms with Crippen LogP contribution in [0.5, 0.6) is 0 Å². The molecule has 0 bridgehead atoms. The lowest BCUT2D eigenvalue weighted by molar-refractivity contribution is 0.577. The summed E-state index contributed by atoms with van der Waals surface area (Å²) < 4.78 is 47.9. The first kappa shape index (κ1) is 16.7. The molecule has 1 unspecified atom stereocenters. The van der Waals surface area contributed by atoms with Gasteiger partial charge in [-0.15, -0.1) is 0 Å². The first-order valence-electron chi connectivity index (χ1n) is 6.17. The van der Waals surface area contributed by atoms with Gasteiger partial charge < -0.3 is 0 Å². The second kappa shape index (κ2) is 6.37. The smallest absolute Gasteiger partial charge is 0.179 e. The standard InChI is InChI=1S/C13H17NO4S2/c1-3-11(2)19(15,16)7-8-20(17,18)13-6-4-5-12(9-13)10-14/h4-6,9,11H,3,7-8H2,1-2H3. The maximum absolute atomic E-state index is 12.1. The zero-order chi connectivity index (χ0) is 15.4. The summed E-state index contributed by atoms with van der Waals surface area (Å²) in [6, 6.07) is 7.44. The van der Waals surface area contributed by atoms with Crippen LogP contribution < -0.4 is 0 Å². The first-order chi connectivity index (χ1) is 9.23. The molecule has 0 saturated carbocycles. The third kappa shape index (κ3) is 4.05. The Morgan fingerprint density at radius 2 is 1.85 bits per heavy atom. The van der Waals surface area contributed by atoms with Gasteiger partial charge in [0, 0.05) is 0 Å². The summed E-state index contributed by atoms with van der Waals surface area (Å²) in [6.45, 7) is 3.31. The minimum absolute atomic E-state index is 0.0177. The van der Waals surface area contributed by atoms with Crippen molar-refractivity contribution in [1.82, 2.24) is 0 Å². The van der Waals surface area contributed by atoms with Crippen LogP contribution in [-0.4, -0.2) is 33.6 Å². The Labute approximate surface area is 120 Å². The van der Waals surface area contributed by atoms with Crippen molar-refractivity contribution in [3.8, 4) is 6.07 Å². The van der Waals surface area contributed by atoms with Gasteiger partial charge in [0.2, 0.25) is 0 Å². The lowest BCUT2D eigenvalue weighted by Gasteiger charge is -2.10. The fraction of sp³-hybridized carbons (Fsp3) is 0.462. The molecule has 0 fully saturated rings. The Hall–Kier alpha value is -1.39. The summed E-state index contributed by atoms with van der Waals surface area (Å²) in [5, 5.41) is 8.20. The molecule has 0 N–H and O–H groups in total. The van der Waals surface area contributed by atoms with E-state index in [1.807, 2.05) is 6.07 Å². The fourth-order valence-corrected chi connectivity index (χ4v) is 5.10. The molecule has 0 aliphatic carbocycles. The molecule has 0 aliphatic heterocycles. The van der Waals surface area contributed by atoms with Gasteiger partial charge in [-0.3, -0.25) is 0 Å². The molecule has 7 heteroatoms. The Morgan fingerprint density at radius 3 is 2.40 bits per heavy atom. The third-order valence-corrected chi connectivity index (χ3v) is 7.45. The van der Waals surface area contributed by atoms with Gasteiger partial charge in [-0.05, 0) is 31.5 Å². The molecule has 5 nitrogen and oxygen atoms in total.